The fraction of sp³-hybridized carbons (Fsp3) is 0.541. The summed E-state index contributed by atoms with van der Waals surface area (Å²) in [6.45, 7) is 2.51. The van der Waals surface area contributed by atoms with Gasteiger partial charge in [-0.05, 0) is 118 Å². The molecule has 1 heterocycles. The first kappa shape index (κ1) is 34.2. The van der Waals surface area contributed by atoms with Gasteiger partial charge in [0.1, 0.15) is 5.75 Å². The van der Waals surface area contributed by atoms with E-state index in [0.717, 1.165) is 60.1 Å². The van der Waals surface area contributed by atoms with Gasteiger partial charge in [-0.15, -0.1) is 0 Å². The number of hydrogen-bond donors (Lipinski definition) is 2. The number of rotatable bonds is 12. The maximum absolute atomic E-state index is 14.4. The lowest BCUT2D eigenvalue weighted by atomic mass is 9.78. The molecule has 6 rings (SSSR count). The van der Waals surface area contributed by atoms with Gasteiger partial charge in [-0.2, -0.15) is 5.10 Å². The van der Waals surface area contributed by atoms with Gasteiger partial charge in [0.15, 0.2) is 0 Å². The van der Waals surface area contributed by atoms with Crippen LogP contribution in [0.3, 0.4) is 0 Å². The molecule has 0 radical (unpaired) electrons. The van der Waals surface area contributed by atoms with Crippen molar-refractivity contribution in [2.75, 3.05) is 31.4 Å². The van der Waals surface area contributed by atoms with Crippen molar-refractivity contribution < 1.29 is 22.7 Å². The van der Waals surface area contributed by atoms with E-state index in [-0.39, 0.29) is 30.3 Å². The monoisotopic (exact) mass is 675 g/mol. The van der Waals surface area contributed by atoms with E-state index in [2.05, 4.69) is 69.3 Å². The quantitative estimate of drug-likeness (QED) is 0.253. The number of hydrogen-bond acceptors (Lipinski definition) is 6. The Bertz CT molecular complexity index is 1700. The van der Waals surface area contributed by atoms with Crippen molar-refractivity contribution in [2.45, 2.75) is 89.1 Å². The fourth-order valence-corrected chi connectivity index (χ4v) is 7.87. The zero-order chi connectivity index (χ0) is 33.8. The van der Waals surface area contributed by atoms with E-state index in [4.69, 9.17) is 4.74 Å². The second-order valence-electron chi connectivity index (χ2n) is 14.1. The molecular weight excluding hydrogens is 627 g/mol. The SMILES string of the molecule is COc1ccc([C@H]2CC[C@H](CN(c3cccc(-c4cnn(C5CC5)c4)c3)C(=O)[C@H]3CC[C@H](NC(=O)CNS(C)(=O)=O)CC3)CC2)cc1C. The third-order valence-corrected chi connectivity index (χ3v) is 11.1. The molecule has 1 aromatic heterocycles. The standard InChI is InChI=1S/C37H49N5O5S/c1-25-19-30(13-18-35(25)47-2)27-9-7-26(8-10-27)23-41(34-6-4-5-29(20-34)31-21-38-42(24-31)33-16-17-33)37(44)28-11-14-32(15-12-28)40-36(43)22-39-48(3,45)46/h4-6,13,18-21,24,26-28,32-33,39H,7-12,14-17,22-23H2,1-3H3,(H,40,43)/t26-,27-,28-,32-. The normalized spacial score (nSPS) is 23.0. The van der Waals surface area contributed by atoms with E-state index in [1.54, 1.807) is 7.11 Å². The molecule has 3 aliphatic rings. The molecule has 0 unspecified atom stereocenters. The lowest BCUT2D eigenvalue weighted by Crippen LogP contribution is -2.46. The Balaban J connectivity index is 1.14. The number of benzene rings is 2. The maximum atomic E-state index is 14.4. The zero-order valence-corrected chi connectivity index (χ0v) is 29.2. The number of carbonyl (C=O) groups is 2. The highest BCUT2D eigenvalue weighted by molar-refractivity contribution is 7.88. The van der Waals surface area contributed by atoms with Crippen LogP contribution in [0.15, 0.2) is 54.9 Å². The largest absolute Gasteiger partial charge is 0.496 e. The van der Waals surface area contributed by atoms with Crippen LogP contribution in [0.1, 0.15) is 87.3 Å². The summed E-state index contributed by atoms with van der Waals surface area (Å²) in [6, 6.07) is 15.3. The Morgan fingerprint density at radius 3 is 2.38 bits per heavy atom. The fourth-order valence-electron chi connectivity index (χ4n) is 7.47. The number of sulfonamides is 1. The molecular formula is C37H49N5O5S. The lowest BCUT2D eigenvalue weighted by Gasteiger charge is -2.36. The van der Waals surface area contributed by atoms with Crippen LogP contribution in [0.2, 0.25) is 0 Å². The molecule has 2 N–H and O–H groups in total. The van der Waals surface area contributed by atoms with Crippen LogP contribution in [0.25, 0.3) is 11.1 Å². The van der Waals surface area contributed by atoms with E-state index in [1.165, 1.54) is 18.4 Å². The molecule has 258 valence electrons. The van der Waals surface area contributed by atoms with Crippen molar-refractivity contribution in [3.8, 4) is 16.9 Å². The van der Waals surface area contributed by atoms with Crippen LogP contribution in [-0.4, -0.2) is 62.5 Å². The van der Waals surface area contributed by atoms with Gasteiger partial charge in [0.05, 0.1) is 32.1 Å². The average Bonchev–Trinajstić information content (AvgIpc) is 3.82. The molecule has 11 heteroatoms. The maximum Gasteiger partial charge on any atom is 0.235 e. The first-order chi connectivity index (χ1) is 23.1. The Morgan fingerprint density at radius 1 is 0.958 bits per heavy atom. The van der Waals surface area contributed by atoms with Gasteiger partial charge in [-0.3, -0.25) is 14.3 Å². The molecule has 3 fully saturated rings. The molecule has 0 spiro atoms. The minimum Gasteiger partial charge on any atom is -0.496 e. The van der Waals surface area contributed by atoms with Crippen molar-refractivity contribution in [3.05, 3.63) is 66.0 Å². The number of aromatic nitrogens is 2. The number of nitrogens with one attached hydrogen (secondary N) is 2. The third-order valence-electron chi connectivity index (χ3n) is 10.4. The van der Waals surface area contributed by atoms with E-state index < -0.39 is 10.0 Å². The molecule has 3 aliphatic carbocycles. The second-order valence-corrected chi connectivity index (χ2v) is 15.9. The van der Waals surface area contributed by atoms with Crippen LogP contribution in [0, 0.1) is 18.8 Å². The molecule has 0 atom stereocenters. The van der Waals surface area contributed by atoms with Crippen LogP contribution in [0.5, 0.6) is 5.75 Å². The van der Waals surface area contributed by atoms with Crippen molar-refractivity contribution in [3.63, 3.8) is 0 Å². The van der Waals surface area contributed by atoms with Crippen molar-refractivity contribution in [1.82, 2.24) is 19.8 Å². The lowest BCUT2D eigenvalue weighted by molar-refractivity contribution is -0.123. The highest BCUT2D eigenvalue weighted by atomic mass is 32.2. The summed E-state index contributed by atoms with van der Waals surface area (Å²) in [5.41, 5.74) is 5.58. The van der Waals surface area contributed by atoms with Crippen LogP contribution in [0.4, 0.5) is 5.69 Å². The molecule has 0 aliphatic heterocycles. The predicted molar refractivity (Wildman–Crippen MR) is 187 cm³/mol. The van der Waals surface area contributed by atoms with E-state index in [9.17, 15) is 18.0 Å². The number of carbonyl (C=O) groups excluding carboxylic acids is 2. The molecule has 2 amide bonds. The van der Waals surface area contributed by atoms with E-state index in [0.29, 0.717) is 50.1 Å². The predicted octanol–water partition coefficient (Wildman–Crippen LogP) is 5.73. The number of ether oxygens (including phenoxy) is 1. The molecule has 10 nitrogen and oxygen atoms in total. The van der Waals surface area contributed by atoms with Gasteiger partial charge in [-0.25, -0.2) is 13.1 Å². The Kier molecular flexibility index (Phi) is 10.6. The molecule has 3 saturated carbocycles. The highest BCUT2D eigenvalue weighted by Crippen LogP contribution is 2.39. The number of anilines is 1. The van der Waals surface area contributed by atoms with Gasteiger partial charge in [0, 0.05) is 36.0 Å². The van der Waals surface area contributed by atoms with Gasteiger partial charge >= 0.3 is 0 Å². The first-order valence-electron chi connectivity index (χ1n) is 17.4. The molecule has 48 heavy (non-hydrogen) atoms. The van der Waals surface area contributed by atoms with Gasteiger partial charge in [0.25, 0.3) is 0 Å². The average molecular weight is 676 g/mol. The molecule has 2 aromatic carbocycles. The summed E-state index contributed by atoms with van der Waals surface area (Å²) in [5, 5.41) is 7.53. The Hall–Kier alpha value is -3.70. The summed E-state index contributed by atoms with van der Waals surface area (Å²) < 4.78 is 32.5. The van der Waals surface area contributed by atoms with Crippen LogP contribution >= 0.6 is 0 Å². The molecule has 0 bridgehead atoms. The second kappa shape index (κ2) is 14.8. The summed E-state index contributed by atoms with van der Waals surface area (Å²) in [5.74, 6) is 1.51. The summed E-state index contributed by atoms with van der Waals surface area (Å²) in [7, 11) is -1.73. The van der Waals surface area contributed by atoms with Gasteiger partial charge in [0.2, 0.25) is 21.8 Å². The Labute approximate surface area is 284 Å². The molecule has 3 aromatic rings. The van der Waals surface area contributed by atoms with Crippen molar-refractivity contribution in [2.24, 2.45) is 11.8 Å². The van der Waals surface area contributed by atoms with Crippen molar-refractivity contribution >= 4 is 27.5 Å². The van der Waals surface area contributed by atoms with Crippen LogP contribution < -0.4 is 19.7 Å². The minimum absolute atomic E-state index is 0.0699. The molecule has 0 saturated heterocycles. The number of amides is 2. The summed E-state index contributed by atoms with van der Waals surface area (Å²) >= 11 is 0. The van der Waals surface area contributed by atoms with Crippen molar-refractivity contribution in [1.29, 1.82) is 0 Å². The smallest absolute Gasteiger partial charge is 0.235 e. The minimum atomic E-state index is -3.44. The number of methoxy groups -OCH3 is 1. The number of aryl methyl sites for hydroxylation is 1. The highest BCUT2D eigenvalue weighted by Gasteiger charge is 2.33. The number of nitrogens with zero attached hydrogens (tertiary/aromatic N) is 3. The third kappa shape index (κ3) is 8.66. The summed E-state index contributed by atoms with van der Waals surface area (Å²) in [4.78, 5) is 28.7. The van der Waals surface area contributed by atoms with E-state index in [1.807, 2.05) is 17.2 Å². The summed E-state index contributed by atoms with van der Waals surface area (Å²) in [6.07, 6.45) is 14.5. The zero-order valence-electron chi connectivity index (χ0n) is 28.4. The first-order valence-corrected chi connectivity index (χ1v) is 19.3. The Morgan fingerprint density at radius 2 is 1.71 bits per heavy atom. The van der Waals surface area contributed by atoms with Gasteiger partial charge in [-0.1, -0.05) is 24.3 Å². The van der Waals surface area contributed by atoms with E-state index >= 15 is 0 Å². The van der Waals surface area contributed by atoms with Gasteiger partial charge < -0.3 is 15.0 Å². The topological polar surface area (TPSA) is 123 Å². The van der Waals surface area contributed by atoms with Crippen LogP contribution in [-0.2, 0) is 19.6 Å².